The zero-order valence-electron chi connectivity index (χ0n) is 20.0. The van der Waals surface area contributed by atoms with Crippen LogP contribution < -0.4 is 10.6 Å². The molecule has 4 rings (SSSR count). The fraction of sp³-hybridized carbons (Fsp3) is 0.360. The summed E-state index contributed by atoms with van der Waals surface area (Å²) in [4.78, 5) is 14.5. The van der Waals surface area contributed by atoms with Crippen molar-refractivity contribution in [3.63, 3.8) is 0 Å². The number of nitrogens with one attached hydrogen (secondary N) is 2. The van der Waals surface area contributed by atoms with E-state index in [0.29, 0.717) is 5.56 Å². The smallest absolute Gasteiger partial charge is 0.251 e. The molecule has 8 nitrogen and oxygen atoms in total. The van der Waals surface area contributed by atoms with Crippen molar-refractivity contribution in [3.05, 3.63) is 65.5 Å². The van der Waals surface area contributed by atoms with Crippen molar-refractivity contribution in [3.8, 4) is 0 Å². The molecule has 172 valence electrons. The lowest BCUT2D eigenvalue weighted by atomic mass is 9.97. The van der Waals surface area contributed by atoms with Crippen molar-refractivity contribution in [1.29, 1.82) is 0 Å². The van der Waals surface area contributed by atoms with Crippen LogP contribution in [0.25, 0.3) is 16.4 Å². The predicted molar refractivity (Wildman–Crippen MR) is 132 cm³/mol. The number of nitrogens with zero attached hydrogens (tertiary/aromatic N) is 5. The third-order valence-electron chi connectivity index (χ3n) is 5.75. The molecule has 0 spiro atoms. The first-order valence-corrected chi connectivity index (χ1v) is 11.2. The lowest BCUT2D eigenvalue weighted by Crippen LogP contribution is -2.35. The number of likely N-dealkylation sites (N-methyl/N-ethyl adjacent to an activating group) is 1. The Morgan fingerprint density at radius 3 is 2.27 bits per heavy atom. The maximum absolute atomic E-state index is 12.3. The molecule has 0 fully saturated rings. The summed E-state index contributed by atoms with van der Waals surface area (Å²) in [7, 11) is 4.11. The first-order chi connectivity index (χ1) is 15.8. The largest absolute Gasteiger partial charge is 0.364 e. The second-order valence-corrected chi connectivity index (χ2v) is 8.97. The molecule has 4 aromatic rings. The van der Waals surface area contributed by atoms with Gasteiger partial charge in [0.25, 0.3) is 5.91 Å². The van der Waals surface area contributed by atoms with Crippen LogP contribution in [-0.2, 0) is 0 Å². The highest BCUT2D eigenvalue weighted by atomic mass is 16.1. The number of hydrogen-bond donors (Lipinski definition) is 2. The molecule has 33 heavy (non-hydrogen) atoms. The highest BCUT2D eigenvalue weighted by Crippen LogP contribution is 2.29. The molecule has 0 saturated heterocycles. The zero-order valence-corrected chi connectivity index (χ0v) is 20.0. The molecular formula is C25H31N7O. The Labute approximate surface area is 194 Å². The second kappa shape index (κ2) is 9.15. The van der Waals surface area contributed by atoms with Gasteiger partial charge in [-0.2, -0.15) is 4.52 Å². The van der Waals surface area contributed by atoms with Gasteiger partial charge in [-0.25, -0.2) is 0 Å². The molecule has 2 N–H and O–H groups in total. The molecule has 0 aliphatic heterocycles. The SMILES string of the molecule is Cc1nnc2c3ccccc3c(N[C@H](C)[C@@H](c3ccc(C(=O)NC(C)C)cc3)N(C)C)nn12. The number of aryl methyl sites for hydroxylation is 1. The Hall–Kier alpha value is -3.52. The monoisotopic (exact) mass is 445 g/mol. The number of benzene rings is 2. The van der Waals surface area contributed by atoms with Crippen molar-refractivity contribution in [2.45, 2.75) is 45.8 Å². The van der Waals surface area contributed by atoms with E-state index >= 15 is 0 Å². The molecular weight excluding hydrogens is 414 g/mol. The summed E-state index contributed by atoms with van der Waals surface area (Å²) in [6, 6.07) is 16.1. The first kappa shape index (κ1) is 22.7. The van der Waals surface area contributed by atoms with Gasteiger partial charge in [-0.1, -0.05) is 36.4 Å². The summed E-state index contributed by atoms with van der Waals surface area (Å²) < 4.78 is 1.78. The summed E-state index contributed by atoms with van der Waals surface area (Å²) in [6.07, 6.45) is 0. The van der Waals surface area contributed by atoms with E-state index in [1.807, 2.05) is 69.3 Å². The van der Waals surface area contributed by atoms with Gasteiger partial charge in [0.05, 0.1) is 6.04 Å². The van der Waals surface area contributed by atoms with E-state index in [-0.39, 0.29) is 24.0 Å². The number of rotatable bonds is 7. The highest BCUT2D eigenvalue weighted by Gasteiger charge is 2.24. The zero-order chi connectivity index (χ0) is 23.7. The van der Waals surface area contributed by atoms with E-state index in [4.69, 9.17) is 5.10 Å². The third-order valence-corrected chi connectivity index (χ3v) is 5.75. The maximum atomic E-state index is 12.3. The molecule has 0 radical (unpaired) electrons. The Bertz CT molecular complexity index is 1280. The van der Waals surface area contributed by atoms with Gasteiger partial charge >= 0.3 is 0 Å². The van der Waals surface area contributed by atoms with Crippen LogP contribution in [0.4, 0.5) is 5.82 Å². The van der Waals surface area contributed by atoms with Gasteiger partial charge in [-0.3, -0.25) is 4.79 Å². The number of hydrogen-bond acceptors (Lipinski definition) is 6. The quantitative estimate of drug-likeness (QED) is 0.450. The molecule has 8 heteroatoms. The standard InChI is InChI=1S/C25H31N7O/c1-15(2)26-25(33)19-13-11-18(12-14-19)22(31(5)6)16(3)27-23-20-9-7-8-10-21(20)24-29-28-17(4)32(24)30-23/h7-16,22H,1-6H3,(H,26,33)(H,27,30)/t16-,22+/m1/s1. The van der Waals surface area contributed by atoms with Gasteiger partial charge in [-0.05, 0) is 59.5 Å². The lowest BCUT2D eigenvalue weighted by molar-refractivity contribution is 0.0943. The third kappa shape index (κ3) is 4.52. The van der Waals surface area contributed by atoms with Gasteiger partial charge in [0, 0.05) is 28.4 Å². The summed E-state index contributed by atoms with van der Waals surface area (Å²) in [5.41, 5.74) is 2.53. The summed E-state index contributed by atoms with van der Waals surface area (Å²) in [6.45, 7) is 7.95. The Morgan fingerprint density at radius 1 is 0.970 bits per heavy atom. The molecule has 0 saturated carbocycles. The molecule has 2 heterocycles. The number of carbonyl (C=O) groups excluding carboxylic acids is 1. The first-order valence-electron chi connectivity index (χ1n) is 11.2. The van der Waals surface area contributed by atoms with E-state index in [0.717, 1.165) is 33.6 Å². The molecule has 2 aromatic carbocycles. The van der Waals surface area contributed by atoms with Crippen molar-refractivity contribution >= 4 is 28.1 Å². The van der Waals surface area contributed by atoms with Gasteiger partial charge in [0.15, 0.2) is 17.3 Å². The van der Waals surface area contributed by atoms with Gasteiger partial charge in [0.2, 0.25) is 0 Å². The summed E-state index contributed by atoms with van der Waals surface area (Å²) in [5.74, 6) is 1.47. The second-order valence-electron chi connectivity index (χ2n) is 8.97. The maximum Gasteiger partial charge on any atom is 0.251 e. The Balaban J connectivity index is 1.66. The van der Waals surface area contributed by atoms with Crippen molar-refractivity contribution < 1.29 is 4.79 Å². The van der Waals surface area contributed by atoms with Crippen LogP contribution >= 0.6 is 0 Å². The minimum atomic E-state index is -0.0580. The molecule has 0 bridgehead atoms. The van der Waals surface area contributed by atoms with Gasteiger partial charge in [0.1, 0.15) is 0 Å². The van der Waals surface area contributed by atoms with Crippen LogP contribution in [0.3, 0.4) is 0 Å². The Morgan fingerprint density at radius 2 is 1.64 bits per heavy atom. The van der Waals surface area contributed by atoms with Crippen LogP contribution in [0.15, 0.2) is 48.5 Å². The van der Waals surface area contributed by atoms with Gasteiger partial charge < -0.3 is 15.5 Å². The van der Waals surface area contributed by atoms with Crippen molar-refractivity contribution in [2.24, 2.45) is 0 Å². The highest BCUT2D eigenvalue weighted by molar-refractivity contribution is 6.00. The minimum absolute atomic E-state index is 0.0282. The molecule has 2 atom stereocenters. The number of aromatic nitrogens is 4. The van der Waals surface area contributed by atoms with E-state index in [1.165, 1.54) is 0 Å². The normalized spacial score (nSPS) is 13.6. The van der Waals surface area contributed by atoms with Crippen LogP contribution in [0.5, 0.6) is 0 Å². The number of anilines is 1. The summed E-state index contributed by atoms with van der Waals surface area (Å²) >= 11 is 0. The van der Waals surface area contributed by atoms with Gasteiger partial charge in [-0.15, -0.1) is 15.3 Å². The van der Waals surface area contributed by atoms with Crippen molar-refractivity contribution in [1.82, 2.24) is 30.0 Å². The van der Waals surface area contributed by atoms with Crippen molar-refractivity contribution in [2.75, 3.05) is 19.4 Å². The van der Waals surface area contributed by atoms with Crippen LogP contribution in [-0.4, -0.2) is 56.8 Å². The van der Waals surface area contributed by atoms with E-state index in [9.17, 15) is 4.79 Å². The molecule has 0 unspecified atom stereocenters. The Kier molecular flexibility index (Phi) is 6.29. The molecule has 2 aromatic heterocycles. The molecule has 0 aliphatic carbocycles. The average molecular weight is 446 g/mol. The molecule has 1 amide bonds. The van der Waals surface area contributed by atoms with E-state index in [1.54, 1.807) is 4.52 Å². The number of carbonyl (C=O) groups is 1. The van der Waals surface area contributed by atoms with Crippen LogP contribution in [0.2, 0.25) is 0 Å². The van der Waals surface area contributed by atoms with E-state index < -0.39 is 0 Å². The van der Waals surface area contributed by atoms with Crippen LogP contribution in [0.1, 0.15) is 48.6 Å². The predicted octanol–water partition coefficient (Wildman–Crippen LogP) is 3.83. The van der Waals surface area contributed by atoms with Crippen LogP contribution in [0, 0.1) is 6.92 Å². The fourth-order valence-corrected chi connectivity index (χ4v) is 4.30. The topological polar surface area (TPSA) is 87.4 Å². The summed E-state index contributed by atoms with van der Waals surface area (Å²) in [5, 5.41) is 21.9. The van der Waals surface area contributed by atoms with E-state index in [2.05, 4.69) is 46.7 Å². The number of fused-ring (bicyclic) bond motifs is 3. The average Bonchev–Trinajstić information content (AvgIpc) is 3.14. The molecule has 0 aliphatic rings. The lowest BCUT2D eigenvalue weighted by Gasteiger charge is -2.31. The fourth-order valence-electron chi connectivity index (χ4n) is 4.30. The minimum Gasteiger partial charge on any atom is -0.364 e. The number of amides is 1.